The van der Waals surface area contributed by atoms with Gasteiger partial charge in [-0.25, -0.2) is 0 Å². The zero-order chi connectivity index (χ0) is 6.97. The van der Waals surface area contributed by atoms with Crippen molar-refractivity contribution in [3.8, 4) is 0 Å². The van der Waals surface area contributed by atoms with Crippen molar-refractivity contribution in [3.05, 3.63) is 23.3 Å². The van der Waals surface area contributed by atoms with E-state index in [4.69, 9.17) is 0 Å². The topological polar surface area (TPSA) is 32.3 Å². The third-order valence-electron chi connectivity index (χ3n) is 1.71. The largest absolute Gasteiger partial charge is 0.383 e. The van der Waals surface area contributed by atoms with E-state index in [0.717, 1.165) is 6.42 Å². The second-order valence-electron chi connectivity index (χ2n) is 2.46. The third kappa shape index (κ3) is 0.954. The van der Waals surface area contributed by atoms with Crippen LogP contribution in [0.2, 0.25) is 0 Å². The summed E-state index contributed by atoms with van der Waals surface area (Å²) in [5.74, 6) is 0. The number of nitrogens with one attached hydrogen (secondary N) is 1. The lowest BCUT2D eigenvalue weighted by molar-refractivity contribution is 0.251. The summed E-state index contributed by atoms with van der Waals surface area (Å²) in [6.45, 7) is 0. The highest BCUT2D eigenvalue weighted by Gasteiger charge is 2.28. The normalized spacial score (nSPS) is 36.7. The zero-order valence-corrected chi connectivity index (χ0v) is 6.27. The molecule has 2 nitrogen and oxygen atoms in total. The first kappa shape index (κ1) is 6.31. The fourth-order valence-electron chi connectivity index (χ4n) is 1.23. The lowest BCUT2D eigenvalue weighted by atomic mass is 10.2. The molecular weight excluding hydrogens is 146 g/mol. The highest BCUT2D eigenvalue weighted by atomic mass is 32.2. The molecule has 1 fully saturated rings. The summed E-state index contributed by atoms with van der Waals surface area (Å²) in [5, 5.41) is 12.4. The fraction of sp³-hybridized carbons (Fsp3) is 0.429. The van der Waals surface area contributed by atoms with Crippen molar-refractivity contribution in [2.75, 3.05) is 0 Å². The monoisotopic (exact) mass is 155 g/mol. The number of aliphatic hydroxyl groups excluding tert-OH is 1. The minimum atomic E-state index is -0.205. The molecule has 2 heterocycles. The molecule has 2 aliphatic heterocycles. The van der Waals surface area contributed by atoms with Crippen LogP contribution in [-0.2, 0) is 0 Å². The Morgan fingerprint density at radius 1 is 1.70 bits per heavy atom. The van der Waals surface area contributed by atoms with Crippen LogP contribution in [0.3, 0.4) is 0 Å². The van der Waals surface area contributed by atoms with Crippen molar-refractivity contribution >= 4 is 11.8 Å². The number of thioether (sulfide) groups is 1. The molecule has 2 aliphatic rings. The lowest BCUT2D eigenvalue weighted by Gasteiger charge is -2.13. The minimum Gasteiger partial charge on any atom is -0.383 e. The molecule has 0 aromatic carbocycles. The van der Waals surface area contributed by atoms with Gasteiger partial charge in [0.2, 0.25) is 0 Å². The molecule has 3 heteroatoms. The SMILES string of the molecule is OC1CC2NC=CC=C2S1. The van der Waals surface area contributed by atoms with Crippen molar-refractivity contribution < 1.29 is 5.11 Å². The summed E-state index contributed by atoms with van der Waals surface area (Å²) in [4.78, 5) is 1.26. The molecule has 2 atom stereocenters. The quantitative estimate of drug-likeness (QED) is 0.543. The van der Waals surface area contributed by atoms with Crippen LogP contribution in [0.5, 0.6) is 0 Å². The summed E-state index contributed by atoms with van der Waals surface area (Å²) in [5.41, 5.74) is -0.205. The number of dihydropyridines is 1. The molecular formula is C7H9NOS. The second kappa shape index (κ2) is 2.32. The van der Waals surface area contributed by atoms with E-state index in [1.807, 2.05) is 12.3 Å². The Kier molecular flexibility index (Phi) is 1.47. The molecule has 0 aliphatic carbocycles. The summed E-state index contributed by atoms with van der Waals surface area (Å²) in [6.07, 6.45) is 6.78. The number of aliphatic hydroxyl groups is 1. The number of hydrogen-bond acceptors (Lipinski definition) is 3. The molecule has 10 heavy (non-hydrogen) atoms. The maximum atomic E-state index is 9.21. The van der Waals surface area contributed by atoms with Crippen LogP contribution in [0.15, 0.2) is 23.3 Å². The average molecular weight is 155 g/mol. The number of rotatable bonds is 0. The van der Waals surface area contributed by atoms with Gasteiger partial charge in [-0.2, -0.15) is 0 Å². The first-order chi connectivity index (χ1) is 4.86. The fourth-order valence-corrected chi connectivity index (χ4v) is 2.31. The van der Waals surface area contributed by atoms with Crippen LogP contribution in [0.4, 0.5) is 0 Å². The Bertz CT molecular complexity index is 200. The molecule has 1 saturated heterocycles. The van der Waals surface area contributed by atoms with Crippen molar-refractivity contribution in [3.63, 3.8) is 0 Å². The van der Waals surface area contributed by atoms with Crippen molar-refractivity contribution in [2.45, 2.75) is 17.9 Å². The van der Waals surface area contributed by atoms with Gasteiger partial charge in [0.05, 0.1) is 6.04 Å². The predicted molar refractivity (Wildman–Crippen MR) is 42.4 cm³/mol. The van der Waals surface area contributed by atoms with Gasteiger partial charge in [-0.1, -0.05) is 11.8 Å². The molecule has 0 bridgehead atoms. The standard InChI is InChI=1S/C7H9NOS/c9-7-4-5-6(10-7)2-1-3-8-5/h1-3,5,7-9H,4H2. The van der Waals surface area contributed by atoms with Crippen LogP contribution in [0, 0.1) is 0 Å². The van der Waals surface area contributed by atoms with Crippen LogP contribution in [0.1, 0.15) is 6.42 Å². The van der Waals surface area contributed by atoms with Crippen LogP contribution >= 0.6 is 11.8 Å². The second-order valence-corrected chi connectivity index (χ2v) is 3.71. The Hall–Kier alpha value is -0.410. The van der Waals surface area contributed by atoms with E-state index in [1.54, 1.807) is 11.8 Å². The predicted octanol–water partition coefficient (Wildman–Crippen LogP) is 0.811. The molecule has 0 amide bonds. The lowest BCUT2D eigenvalue weighted by Crippen LogP contribution is -2.24. The third-order valence-corrected chi connectivity index (χ3v) is 2.86. The summed E-state index contributed by atoms with van der Waals surface area (Å²) in [6, 6.07) is 0.380. The molecule has 2 rings (SSSR count). The zero-order valence-electron chi connectivity index (χ0n) is 5.45. The molecule has 0 aromatic rings. The Balaban J connectivity index is 2.18. The molecule has 54 valence electrons. The van der Waals surface area contributed by atoms with E-state index in [2.05, 4.69) is 11.4 Å². The van der Waals surface area contributed by atoms with Crippen molar-refractivity contribution in [1.29, 1.82) is 0 Å². The molecule has 0 aromatic heterocycles. The van der Waals surface area contributed by atoms with E-state index < -0.39 is 0 Å². The number of hydrogen-bond donors (Lipinski definition) is 2. The first-order valence-electron chi connectivity index (χ1n) is 3.34. The number of allylic oxidation sites excluding steroid dienone is 2. The summed E-state index contributed by atoms with van der Waals surface area (Å²) >= 11 is 1.55. The molecule has 2 N–H and O–H groups in total. The summed E-state index contributed by atoms with van der Waals surface area (Å²) < 4.78 is 0. The first-order valence-corrected chi connectivity index (χ1v) is 4.22. The molecule has 0 saturated carbocycles. The Labute approximate surface area is 64.0 Å². The maximum absolute atomic E-state index is 9.21. The molecule has 0 spiro atoms. The van der Waals surface area contributed by atoms with E-state index >= 15 is 0 Å². The smallest absolute Gasteiger partial charge is 0.106 e. The van der Waals surface area contributed by atoms with E-state index in [1.165, 1.54) is 4.91 Å². The van der Waals surface area contributed by atoms with Gasteiger partial charge in [-0.3, -0.25) is 0 Å². The number of fused-ring (bicyclic) bond motifs is 1. The van der Waals surface area contributed by atoms with Crippen LogP contribution < -0.4 is 5.32 Å². The van der Waals surface area contributed by atoms with Gasteiger partial charge in [0.15, 0.2) is 0 Å². The summed E-state index contributed by atoms with van der Waals surface area (Å²) in [7, 11) is 0. The Morgan fingerprint density at radius 2 is 2.60 bits per heavy atom. The van der Waals surface area contributed by atoms with Gasteiger partial charge < -0.3 is 10.4 Å². The Morgan fingerprint density at radius 3 is 3.40 bits per heavy atom. The molecule has 0 radical (unpaired) electrons. The van der Waals surface area contributed by atoms with Gasteiger partial charge in [0.1, 0.15) is 5.44 Å². The highest BCUT2D eigenvalue weighted by molar-refractivity contribution is 8.03. The van der Waals surface area contributed by atoms with Crippen LogP contribution in [-0.4, -0.2) is 16.6 Å². The van der Waals surface area contributed by atoms with Gasteiger partial charge >= 0.3 is 0 Å². The van der Waals surface area contributed by atoms with Gasteiger partial charge in [0.25, 0.3) is 0 Å². The highest BCUT2D eigenvalue weighted by Crippen LogP contribution is 2.36. The van der Waals surface area contributed by atoms with Gasteiger partial charge in [0, 0.05) is 11.3 Å². The average Bonchev–Trinajstić information content (AvgIpc) is 2.27. The van der Waals surface area contributed by atoms with E-state index in [0.29, 0.717) is 6.04 Å². The maximum Gasteiger partial charge on any atom is 0.106 e. The van der Waals surface area contributed by atoms with Crippen molar-refractivity contribution in [1.82, 2.24) is 5.32 Å². The van der Waals surface area contributed by atoms with Gasteiger partial charge in [-0.15, -0.1) is 0 Å². The van der Waals surface area contributed by atoms with Crippen molar-refractivity contribution in [2.24, 2.45) is 0 Å². The minimum absolute atomic E-state index is 0.205. The van der Waals surface area contributed by atoms with Gasteiger partial charge in [-0.05, 0) is 18.4 Å². The van der Waals surface area contributed by atoms with E-state index in [-0.39, 0.29) is 5.44 Å². The molecule has 2 unspecified atom stereocenters. The van der Waals surface area contributed by atoms with E-state index in [9.17, 15) is 5.11 Å². The van der Waals surface area contributed by atoms with Crippen LogP contribution in [0.25, 0.3) is 0 Å².